The molecule has 0 spiro atoms. The van der Waals surface area contributed by atoms with Crippen molar-refractivity contribution in [1.82, 2.24) is 25.0 Å². The monoisotopic (exact) mass is 396 g/mol. The Kier molecular flexibility index (Phi) is 5.47. The van der Waals surface area contributed by atoms with Crippen LogP contribution in [0.2, 0.25) is 0 Å². The lowest BCUT2D eigenvalue weighted by molar-refractivity contribution is -0.116. The van der Waals surface area contributed by atoms with Crippen LogP contribution in [-0.2, 0) is 11.3 Å². The number of hydrogen-bond acceptors (Lipinski definition) is 6. The van der Waals surface area contributed by atoms with Crippen LogP contribution in [0.15, 0.2) is 24.3 Å². The number of anilines is 1. The Labute approximate surface area is 156 Å². The van der Waals surface area contributed by atoms with Gasteiger partial charge in [-0.25, -0.2) is 8.78 Å². The van der Waals surface area contributed by atoms with Gasteiger partial charge in [0.1, 0.15) is 0 Å². The average Bonchev–Trinajstić information content (AvgIpc) is 3.21. The van der Waals surface area contributed by atoms with Crippen LogP contribution in [0.1, 0.15) is 23.4 Å². The average molecular weight is 396 g/mol. The van der Waals surface area contributed by atoms with Crippen molar-refractivity contribution in [2.24, 2.45) is 0 Å². The molecule has 0 aliphatic rings. The van der Waals surface area contributed by atoms with Gasteiger partial charge in [-0.3, -0.25) is 14.5 Å². The number of H-pyrrole nitrogens is 1. The van der Waals surface area contributed by atoms with Crippen molar-refractivity contribution in [3.05, 3.63) is 39.6 Å². The Balaban J connectivity index is 1.67. The predicted octanol–water partition coefficient (Wildman–Crippen LogP) is 3.73. The third-order valence-electron chi connectivity index (χ3n) is 3.50. The highest BCUT2D eigenvalue weighted by Gasteiger charge is 2.16. The molecule has 136 valence electrons. The summed E-state index contributed by atoms with van der Waals surface area (Å²) in [4.78, 5) is 12.1. The molecule has 26 heavy (non-hydrogen) atoms. The number of benzene rings is 1. The van der Waals surface area contributed by atoms with E-state index in [1.165, 1.54) is 0 Å². The molecule has 0 radical (unpaired) electrons. The summed E-state index contributed by atoms with van der Waals surface area (Å²) in [6.45, 7) is 2.27. The van der Waals surface area contributed by atoms with Crippen LogP contribution in [0, 0.1) is 11.7 Å². The van der Waals surface area contributed by atoms with Crippen LogP contribution in [-0.4, -0.2) is 30.9 Å². The lowest BCUT2D eigenvalue weighted by Crippen LogP contribution is -2.15. The van der Waals surface area contributed by atoms with Gasteiger partial charge in [0.25, 0.3) is 6.43 Å². The lowest BCUT2D eigenvalue weighted by Gasteiger charge is -2.07. The summed E-state index contributed by atoms with van der Waals surface area (Å²) >= 11 is 5.87. The minimum Gasteiger partial charge on any atom is -0.300 e. The molecular formula is C15H14F2N6OS2. The van der Waals surface area contributed by atoms with Crippen LogP contribution in [0.5, 0.6) is 0 Å². The summed E-state index contributed by atoms with van der Waals surface area (Å²) in [6, 6.07) is 7.76. The number of aromatic nitrogens is 5. The van der Waals surface area contributed by atoms with Gasteiger partial charge in [-0.2, -0.15) is 5.10 Å². The van der Waals surface area contributed by atoms with E-state index in [0.29, 0.717) is 21.9 Å². The molecule has 3 rings (SSSR count). The van der Waals surface area contributed by atoms with Crippen molar-refractivity contribution in [3.8, 4) is 11.4 Å². The fourth-order valence-electron chi connectivity index (χ4n) is 2.22. The van der Waals surface area contributed by atoms with Crippen LogP contribution in [0.4, 0.5) is 13.9 Å². The quantitative estimate of drug-likeness (QED) is 0.620. The first-order valence-electron chi connectivity index (χ1n) is 7.57. The molecule has 0 saturated carbocycles. The molecule has 2 N–H and O–H groups in total. The molecule has 3 aromatic rings. The second kappa shape index (κ2) is 7.79. The van der Waals surface area contributed by atoms with Crippen molar-refractivity contribution in [2.45, 2.75) is 26.3 Å². The number of hydrogen-bond donors (Lipinski definition) is 2. The van der Waals surface area contributed by atoms with E-state index in [2.05, 4.69) is 25.7 Å². The summed E-state index contributed by atoms with van der Waals surface area (Å²) in [5.74, 6) is 0.249. The maximum absolute atomic E-state index is 12.5. The van der Waals surface area contributed by atoms with Crippen molar-refractivity contribution < 1.29 is 13.6 Å². The molecule has 11 heteroatoms. The highest BCUT2D eigenvalue weighted by Crippen LogP contribution is 2.25. The van der Waals surface area contributed by atoms with Gasteiger partial charge in [0, 0.05) is 18.5 Å². The number of halogens is 2. The van der Waals surface area contributed by atoms with Gasteiger partial charge in [0.2, 0.25) is 11.0 Å². The molecule has 0 fully saturated rings. The van der Waals surface area contributed by atoms with Crippen LogP contribution < -0.4 is 5.32 Å². The van der Waals surface area contributed by atoms with Gasteiger partial charge in [0.05, 0.1) is 0 Å². The molecular weight excluding hydrogens is 382 g/mol. The van der Waals surface area contributed by atoms with E-state index in [4.69, 9.17) is 12.2 Å². The Morgan fingerprint density at radius 2 is 2.08 bits per heavy atom. The SMILES string of the molecule is Cc1ccc(-c2n[nH]c(=S)n2CCC(=O)Nc2nnc(C(F)F)s2)cc1. The number of amides is 1. The normalized spacial score (nSPS) is 11.1. The Morgan fingerprint density at radius 1 is 1.35 bits per heavy atom. The van der Waals surface area contributed by atoms with E-state index in [1.54, 1.807) is 4.57 Å². The number of carbonyl (C=O) groups is 1. The minimum atomic E-state index is -2.71. The Morgan fingerprint density at radius 3 is 2.73 bits per heavy atom. The molecule has 0 bridgehead atoms. The van der Waals surface area contributed by atoms with Gasteiger partial charge in [-0.1, -0.05) is 41.2 Å². The number of carbonyl (C=O) groups excluding carboxylic acids is 1. The van der Waals surface area contributed by atoms with Crippen LogP contribution in [0.3, 0.4) is 0 Å². The third-order valence-corrected chi connectivity index (χ3v) is 4.66. The molecule has 1 aromatic carbocycles. The summed E-state index contributed by atoms with van der Waals surface area (Å²) in [5, 5.41) is 15.8. The van der Waals surface area contributed by atoms with Gasteiger partial charge in [-0.05, 0) is 19.1 Å². The highest BCUT2D eigenvalue weighted by molar-refractivity contribution is 7.71. The molecule has 2 heterocycles. The van der Waals surface area contributed by atoms with Gasteiger partial charge < -0.3 is 5.32 Å². The van der Waals surface area contributed by atoms with E-state index in [-0.39, 0.29) is 24.0 Å². The van der Waals surface area contributed by atoms with E-state index < -0.39 is 11.4 Å². The maximum atomic E-state index is 12.5. The van der Waals surface area contributed by atoms with Crippen molar-refractivity contribution in [3.63, 3.8) is 0 Å². The minimum absolute atomic E-state index is 0.0415. The fraction of sp³-hybridized carbons (Fsp3) is 0.267. The van der Waals surface area contributed by atoms with E-state index in [0.717, 1.165) is 11.1 Å². The van der Waals surface area contributed by atoms with Gasteiger partial charge in [0.15, 0.2) is 15.6 Å². The highest BCUT2D eigenvalue weighted by atomic mass is 32.1. The third kappa shape index (κ3) is 4.17. The zero-order valence-corrected chi connectivity index (χ0v) is 15.2. The molecule has 0 aliphatic carbocycles. The Hall–Kier alpha value is -2.53. The molecule has 1 amide bonds. The summed E-state index contributed by atoms with van der Waals surface area (Å²) in [5.41, 5.74) is 1.99. The number of rotatable bonds is 6. The number of alkyl halides is 2. The van der Waals surface area contributed by atoms with Crippen LogP contribution >= 0.6 is 23.6 Å². The molecule has 7 nitrogen and oxygen atoms in total. The van der Waals surface area contributed by atoms with Gasteiger partial charge in [-0.15, -0.1) is 10.2 Å². The van der Waals surface area contributed by atoms with E-state index in [1.807, 2.05) is 31.2 Å². The molecule has 0 saturated heterocycles. The van der Waals surface area contributed by atoms with Gasteiger partial charge >= 0.3 is 0 Å². The lowest BCUT2D eigenvalue weighted by atomic mass is 10.1. The molecule has 0 unspecified atom stereocenters. The zero-order valence-electron chi connectivity index (χ0n) is 13.6. The topological polar surface area (TPSA) is 88.5 Å². The Bertz CT molecular complexity index is 963. The first-order chi connectivity index (χ1) is 12.4. The summed E-state index contributed by atoms with van der Waals surface area (Å²) < 4.78 is 27.1. The molecule has 2 aromatic heterocycles. The molecule has 0 aliphatic heterocycles. The molecule has 0 atom stereocenters. The van der Waals surface area contributed by atoms with Crippen LogP contribution in [0.25, 0.3) is 11.4 Å². The standard InChI is InChI=1S/C15H14F2N6OS2/c1-8-2-4-9(5-3-8)12-19-22-15(25)23(12)7-6-10(24)18-14-21-20-13(26-14)11(16)17/h2-5,11H,6-7H2,1H3,(H,22,25)(H,18,21,24). The second-order valence-electron chi connectivity index (χ2n) is 5.41. The predicted molar refractivity (Wildman–Crippen MR) is 95.7 cm³/mol. The first kappa shape index (κ1) is 18.3. The van der Waals surface area contributed by atoms with Crippen molar-refractivity contribution in [1.29, 1.82) is 0 Å². The number of nitrogens with zero attached hydrogens (tertiary/aromatic N) is 4. The number of nitrogens with one attached hydrogen (secondary N) is 2. The smallest absolute Gasteiger partial charge is 0.291 e. The van der Waals surface area contributed by atoms with E-state index >= 15 is 0 Å². The fourth-order valence-corrected chi connectivity index (χ4v) is 3.06. The second-order valence-corrected chi connectivity index (χ2v) is 6.81. The van der Waals surface area contributed by atoms with E-state index in [9.17, 15) is 13.6 Å². The number of aromatic amines is 1. The number of aryl methyl sites for hydroxylation is 1. The zero-order chi connectivity index (χ0) is 18.7. The van der Waals surface area contributed by atoms with Crippen molar-refractivity contribution >= 4 is 34.6 Å². The first-order valence-corrected chi connectivity index (χ1v) is 8.80. The summed E-state index contributed by atoms with van der Waals surface area (Å²) in [7, 11) is 0. The van der Waals surface area contributed by atoms with Crippen molar-refractivity contribution in [2.75, 3.05) is 5.32 Å². The summed E-state index contributed by atoms with van der Waals surface area (Å²) in [6.07, 6.45) is -2.63. The largest absolute Gasteiger partial charge is 0.300 e. The maximum Gasteiger partial charge on any atom is 0.291 e.